The number of aliphatic hydroxyl groups is 1. The predicted octanol–water partition coefficient (Wildman–Crippen LogP) is -0.371. The van der Waals surface area contributed by atoms with E-state index in [2.05, 4.69) is 0 Å². The zero-order valence-electron chi connectivity index (χ0n) is 5.67. The maximum atomic E-state index is 10.4. The number of allylic oxidation sites excluding steroid dienone is 1. The lowest BCUT2D eigenvalue weighted by Gasteiger charge is -1.94. The molecule has 5 nitrogen and oxygen atoms in total. The van der Waals surface area contributed by atoms with Gasteiger partial charge in [0.15, 0.2) is 0 Å². The first-order valence-corrected chi connectivity index (χ1v) is 4.47. The van der Waals surface area contributed by atoms with Crippen LogP contribution in [-0.4, -0.2) is 27.0 Å². The van der Waals surface area contributed by atoms with Gasteiger partial charge in [-0.1, -0.05) is 6.08 Å². The Bertz CT molecular complexity index is 203. The van der Waals surface area contributed by atoms with Gasteiger partial charge in [-0.05, 0) is 12.5 Å². The molecule has 64 valence electrons. The Hall–Kier alpha value is -0.480. The molecule has 0 amide bonds. The molecule has 0 rings (SSSR count). The Morgan fingerprint density at radius 2 is 2.00 bits per heavy atom. The Morgan fingerprint density at radius 3 is 2.36 bits per heavy atom. The van der Waals surface area contributed by atoms with Crippen molar-refractivity contribution in [3.05, 3.63) is 12.2 Å². The zero-order chi connectivity index (χ0) is 8.91. The third kappa shape index (κ3) is 4.86. The second-order valence-electron chi connectivity index (χ2n) is 1.80. The van der Waals surface area contributed by atoms with Gasteiger partial charge in [-0.25, -0.2) is 0 Å². The fourth-order valence-corrected chi connectivity index (χ4v) is 0.655. The van der Waals surface area contributed by atoms with E-state index < -0.39 is 13.1 Å². The van der Waals surface area contributed by atoms with E-state index in [1.807, 2.05) is 0 Å². The molecule has 0 bridgehead atoms. The van der Waals surface area contributed by atoms with Crippen LogP contribution in [0.15, 0.2) is 12.2 Å². The molecule has 0 aromatic heterocycles. The standard InChI is InChI=1S/C5H9O5P/c6-4-2-1-3-5(7)11(8,9)10/h1,3,6H,2,4H2,(H2,8,9,10). The van der Waals surface area contributed by atoms with Crippen LogP contribution in [0.25, 0.3) is 0 Å². The molecule has 0 aromatic rings. The fourth-order valence-electron chi connectivity index (χ4n) is 0.356. The molecule has 0 saturated carbocycles. The average Bonchev–Trinajstić information content (AvgIpc) is 1.86. The summed E-state index contributed by atoms with van der Waals surface area (Å²) >= 11 is 0. The van der Waals surface area contributed by atoms with Crippen LogP contribution in [-0.2, 0) is 9.36 Å². The summed E-state index contributed by atoms with van der Waals surface area (Å²) in [6, 6.07) is 0. The van der Waals surface area contributed by atoms with Crippen molar-refractivity contribution < 1.29 is 24.3 Å². The molecule has 6 heteroatoms. The second kappa shape index (κ2) is 4.41. The van der Waals surface area contributed by atoms with Gasteiger partial charge in [-0.3, -0.25) is 9.36 Å². The maximum Gasteiger partial charge on any atom is 0.395 e. The van der Waals surface area contributed by atoms with Crippen molar-refractivity contribution >= 4 is 13.1 Å². The molecule has 0 spiro atoms. The Morgan fingerprint density at radius 1 is 1.45 bits per heavy atom. The molecule has 0 aliphatic rings. The van der Waals surface area contributed by atoms with E-state index in [1.165, 1.54) is 6.08 Å². The van der Waals surface area contributed by atoms with Gasteiger partial charge in [-0.2, -0.15) is 0 Å². The lowest BCUT2D eigenvalue weighted by molar-refractivity contribution is -0.109. The van der Waals surface area contributed by atoms with Gasteiger partial charge in [0.05, 0.1) is 0 Å². The molecular weight excluding hydrogens is 171 g/mol. The van der Waals surface area contributed by atoms with E-state index in [4.69, 9.17) is 14.9 Å². The summed E-state index contributed by atoms with van der Waals surface area (Å²) in [5.74, 6) is 0. The van der Waals surface area contributed by atoms with E-state index in [0.717, 1.165) is 6.08 Å². The van der Waals surface area contributed by atoms with E-state index in [0.29, 0.717) is 0 Å². The summed E-state index contributed by atoms with van der Waals surface area (Å²) in [6.45, 7) is -0.148. The maximum absolute atomic E-state index is 10.4. The second-order valence-corrected chi connectivity index (χ2v) is 3.33. The van der Waals surface area contributed by atoms with E-state index in [1.54, 1.807) is 0 Å². The highest BCUT2D eigenvalue weighted by Gasteiger charge is 2.21. The first-order chi connectivity index (χ1) is 4.98. The summed E-state index contributed by atoms with van der Waals surface area (Å²) < 4.78 is 10.2. The van der Waals surface area contributed by atoms with Gasteiger partial charge in [-0.15, -0.1) is 0 Å². The van der Waals surface area contributed by atoms with Crippen molar-refractivity contribution in [1.82, 2.24) is 0 Å². The largest absolute Gasteiger partial charge is 0.396 e. The number of hydrogen-bond donors (Lipinski definition) is 3. The number of hydrogen-bond acceptors (Lipinski definition) is 3. The van der Waals surface area contributed by atoms with Crippen LogP contribution < -0.4 is 0 Å². The van der Waals surface area contributed by atoms with Crippen molar-refractivity contribution in [2.45, 2.75) is 6.42 Å². The molecule has 0 saturated heterocycles. The van der Waals surface area contributed by atoms with Gasteiger partial charge in [0, 0.05) is 6.61 Å². The smallest absolute Gasteiger partial charge is 0.395 e. The van der Waals surface area contributed by atoms with Crippen molar-refractivity contribution in [2.75, 3.05) is 6.61 Å². The van der Waals surface area contributed by atoms with Gasteiger partial charge in [0.1, 0.15) is 0 Å². The monoisotopic (exact) mass is 180 g/mol. The first-order valence-electron chi connectivity index (χ1n) is 2.86. The van der Waals surface area contributed by atoms with E-state index in [-0.39, 0.29) is 13.0 Å². The summed E-state index contributed by atoms with van der Waals surface area (Å²) in [6.07, 6.45) is 2.20. The van der Waals surface area contributed by atoms with Crippen molar-refractivity contribution in [2.24, 2.45) is 0 Å². The minimum Gasteiger partial charge on any atom is -0.396 e. The van der Waals surface area contributed by atoms with Crippen LogP contribution in [0.1, 0.15) is 6.42 Å². The SMILES string of the molecule is O=C(C=CCCO)P(=O)(O)O. The highest BCUT2D eigenvalue weighted by Crippen LogP contribution is 2.35. The third-order valence-electron chi connectivity index (χ3n) is 0.843. The van der Waals surface area contributed by atoms with Crippen molar-refractivity contribution in [1.29, 1.82) is 0 Å². The number of aliphatic hydroxyl groups excluding tert-OH is 1. The molecule has 0 fully saturated rings. The minimum atomic E-state index is -4.60. The van der Waals surface area contributed by atoms with Crippen LogP contribution in [0.2, 0.25) is 0 Å². The summed E-state index contributed by atoms with van der Waals surface area (Å²) in [4.78, 5) is 26.9. The lowest BCUT2D eigenvalue weighted by atomic mass is 10.4. The van der Waals surface area contributed by atoms with Crippen molar-refractivity contribution in [3.8, 4) is 0 Å². The molecule has 0 atom stereocenters. The quantitative estimate of drug-likeness (QED) is 0.405. The molecular formula is C5H9O5P. The normalized spacial score (nSPS) is 12.3. The number of carbonyl (C=O) groups is 1. The highest BCUT2D eigenvalue weighted by atomic mass is 31.2. The summed E-state index contributed by atoms with van der Waals surface area (Å²) in [5.41, 5.74) is -1.23. The van der Waals surface area contributed by atoms with E-state index in [9.17, 15) is 9.36 Å². The molecule has 0 aliphatic carbocycles. The molecule has 0 radical (unpaired) electrons. The summed E-state index contributed by atoms with van der Waals surface area (Å²) in [5, 5.41) is 8.23. The van der Waals surface area contributed by atoms with Gasteiger partial charge >= 0.3 is 7.60 Å². The first kappa shape index (κ1) is 10.5. The molecule has 3 N–H and O–H groups in total. The lowest BCUT2D eigenvalue weighted by Crippen LogP contribution is -1.93. The van der Waals surface area contributed by atoms with E-state index >= 15 is 0 Å². The average molecular weight is 180 g/mol. The zero-order valence-corrected chi connectivity index (χ0v) is 6.57. The molecule has 0 aliphatic heterocycles. The Labute approximate surface area is 63.5 Å². The number of carbonyl (C=O) groups excluding carboxylic acids is 1. The van der Waals surface area contributed by atoms with Crippen LogP contribution >= 0.6 is 7.60 Å². The third-order valence-corrected chi connectivity index (χ3v) is 1.57. The Kier molecular flexibility index (Phi) is 4.22. The van der Waals surface area contributed by atoms with Crippen molar-refractivity contribution in [3.63, 3.8) is 0 Å². The van der Waals surface area contributed by atoms with Crippen LogP contribution in [0.4, 0.5) is 0 Å². The van der Waals surface area contributed by atoms with Crippen LogP contribution in [0, 0.1) is 0 Å². The van der Waals surface area contributed by atoms with Gasteiger partial charge in [0.2, 0.25) is 0 Å². The van der Waals surface area contributed by atoms with Gasteiger partial charge < -0.3 is 14.9 Å². The highest BCUT2D eigenvalue weighted by molar-refractivity contribution is 7.70. The predicted molar refractivity (Wildman–Crippen MR) is 37.9 cm³/mol. The molecule has 11 heavy (non-hydrogen) atoms. The molecule has 0 heterocycles. The molecule has 0 aromatic carbocycles. The summed E-state index contributed by atoms with van der Waals surface area (Å²) in [7, 11) is -4.60. The number of rotatable bonds is 4. The Balaban J connectivity index is 3.99. The van der Waals surface area contributed by atoms with Crippen LogP contribution in [0.5, 0.6) is 0 Å². The van der Waals surface area contributed by atoms with Gasteiger partial charge in [0.25, 0.3) is 5.52 Å². The molecule has 0 unspecified atom stereocenters. The minimum absolute atomic E-state index is 0.148. The fraction of sp³-hybridized carbons (Fsp3) is 0.400. The topological polar surface area (TPSA) is 94.8 Å². The van der Waals surface area contributed by atoms with Crippen LogP contribution in [0.3, 0.4) is 0 Å².